The Labute approximate surface area is 171 Å². The first-order valence-corrected chi connectivity index (χ1v) is 12.2. The second-order valence-corrected chi connectivity index (χ2v) is 8.13. The Morgan fingerprint density at radius 2 is 0.963 bits per heavy atom. The fourth-order valence-corrected chi connectivity index (χ4v) is 3.54. The molecular formula is C25H49NO. The van der Waals surface area contributed by atoms with Gasteiger partial charge in [0.25, 0.3) is 0 Å². The normalized spacial score (nSPS) is 11.3. The second-order valence-electron chi connectivity index (χ2n) is 8.13. The molecule has 0 fully saturated rings. The Morgan fingerprint density at radius 1 is 0.593 bits per heavy atom. The van der Waals surface area contributed by atoms with Crippen molar-refractivity contribution in [1.82, 2.24) is 5.32 Å². The molecule has 2 nitrogen and oxygen atoms in total. The van der Waals surface area contributed by atoms with E-state index in [1.165, 1.54) is 116 Å². The van der Waals surface area contributed by atoms with Crippen LogP contribution in [0.2, 0.25) is 0 Å². The summed E-state index contributed by atoms with van der Waals surface area (Å²) in [6, 6.07) is 0. The fraction of sp³-hybridized carbons (Fsp3) is 0.880. The molecule has 0 atom stereocenters. The first kappa shape index (κ1) is 26.2. The number of hydrogen-bond acceptors (Lipinski definition) is 1. The van der Waals surface area contributed by atoms with Gasteiger partial charge in [0.1, 0.15) is 0 Å². The van der Waals surface area contributed by atoms with E-state index in [9.17, 15) is 4.79 Å². The summed E-state index contributed by atoms with van der Waals surface area (Å²) in [5.74, 6) is 0.184. The monoisotopic (exact) mass is 379 g/mol. The molecule has 0 aromatic carbocycles. The molecule has 27 heavy (non-hydrogen) atoms. The Kier molecular flexibility index (Phi) is 22.6. The van der Waals surface area contributed by atoms with Crippen LogP contribution in [0.4, 0.5) is 0 Å². The van der Waals surface area contributed by atoms with Crippen LogP contribution in [0, 0.1) is 0 Å². The highest BCUT2D eigenvalue weighted by atomic mass is 16.1. The number of unbranched alkanes of at least 4 members (excludes halogenated alkanes) is 17. The van der Waals surface area contributed by atoms with E-state index in [-0.39, 0.29) is 5.91 Å². The molecule has 0 aliphatic heterocycles. The van der Waals surface area contributed by atoms with E-state index in [4.69, 9.17) is 0 Å². The van der Waals surface area contributed by atoms with Gasteiger partial charge in [0.05, 0.1) is 0 Å². The summed E-state index contributed by atoms with van der Waals surface area (Å²) in [5, 5.41) is 2.68. The third-order valence-electron chi connectivity index (χ3n) is 5.44. The first-order valence-electron chi connectivity index (χ1n) is 12.2. The van der Waals surface area contributed by atoms with Gasteiger partial charge in [-0.3, -0.25) is 4.79 Å². The fourth-order valence-electron chi connectivity index (χ4n) is 3.54. The Balaban J connectivity index is 3.08. The lowest BCUT2D eigenvalue weighted by Crippen LogP contribution is -2.16. The summed E-state index contributed by atoms with van der Waals surface area (Å²) in [6.07, 6.45) is 31.2. The number of carbonyl (C=O) groups excluding carboxylic acids is 1. The minimum absolute atomic E-state index is 0.184. The first-order chi connectivity index (χ1) is 13.3. The van der Waals surface area contributed by atoms with Gasteiger partial charge in [-0.25, -0.2) is 0 Å². The zero-order valence-corrected chi connectivity index (χ0v) is 18.7. The quantitative estimate of drug-likeness (QED) is 0.158. The Morgan fingerprint density at radius 3 is 1.37 bits per heavy atom. The van der Waals surface area contributed by atoms with Gasteiger partial charge in [-0.05, 0) is 32.1 Å². The molecule has 1 N–H and O–H groups in total. The van der Waals surface area contributed by atoms with E-state index in [0.29, 0.717) is 6.42 Å². The SMILES string of the molecule is CCCCCCCC/C=C\CCCCCCCCCCCCCC(=O)NC. The molecule has 1 amide bonds. The third kappa shape index (κ3) is 23.2. The molecule has 0 aromatic rings. The molecule has 0 aliphatic carbocycles. The van der Waals surface area contributed by atoms with Gasteiger partial charge in [0.2, 0.25) is 5.91 Å². The van der Waals surface area contributed by atoms with E-state index in [1.807, 2.05) is 0 Å². The van der Waals surface area contributed by atoms with Crippen molar-refractivity contribution in [3.8, 4) is 0 Å². The summed E-state index contributed by atoms with van der Waals surface area (Å²) in [6.45, 7) is 2.28. The number of hydrogen-bond donors (Lipinski definition) is 1. The van der Waals surface area contributed by atoms with Gasteiger partial charge in [-0.2, -0.15) is 0 Å². The molecule has 0 aromatic heterocycles. The van der Waals surface area contributed by atoms with Gasteiger partial charge in [-0.1, -0.05) is 109 Å². The standard InChI is InChI=1S/C25H49NO/c1-3-4-5-6-7-8-9-10-11-12-13-14-15-16-17-18-19-20-21-22-23-24-25(27)26-2/h10-11H,3-9,12-24H2,1-2H3,(H,26,27)/b11-10-. The number of rotatable bonds is 21. The average Bonchev–Trinajstić information content (AvgIpc) is 2.68. The zero-order chi connectivity index (χ0) is 19.8. The highest BCUT2D eigenvalue weighted by molar-refractivity contribution is 5.75. The molecule has 0 aliphatic rings. The predicted octanol–water partition coefficient (Wildman–Crippen LogP) is 8.11. The molecule has 0 spiro atoms. The molecule has 2 heteroatoms. The maximum atomic E-state index is 11.1. The zero-order valence-electron chi connectivity index (χ0n) is 18.7. The summed E-state index contributed by atoms with van der Waals surface area (Å²) in [4.78, 5) is 11.1. The summed E-state index contributed by atoms with van der Waals surface area (Å²) in [7, 11) is 1.72. The largest absolute Gasteiger partial charge is 0.359 e. The Bertz CT molecular complexity index is 324. The highest BCUT2D eigenvalue weighted by Gasteiger charge is 1.97. The van der Waals surface area contributed by atoms with Gasteiger partial charge in [0, 0.05) is 13.5 Å². The Hall–Kier alpha value is -0.790. The number of carbonyl (C=O) groups is 1. The minimum Gasteiger partial charge on any atom is -0.359 e. The lowest BCUT2D eigenvalue weighted by atomic mass is 10.0. The van der Waals surface area contributed by atoms with Crippen molar-refractivity contribution in [1.29, 1.82) is 0 Å². The minimum atomic E-state index is 0.184. The van der Waals surface area contributed by atoms with Crippen LogP contribution in [0.5, 0.6) is 0 Å². The molecule has 0 rings (SSSR count). The maximum Gasteiger partial charge on any atom is 0.219 e. The molecule has 0 heterocycles. The number of amides is 1. The molecule has 0 radical (unpaired) electrons. The van der Waals surface area contributed by atoms with Crippen LogP contribution in [0.3, 0.4) is 0 Å². The molecule has 0 saturated carbocycles. The van der Waals surface area contributed by atoms with Crippen molar-refractivity contribution in [2.75, 3.05) is 7.05 Å². The molecule has 0 bridgehead atoms. The number of nitrogens with one attached hydrogen (secondary N) is 1. The van der Waals surface area contributed by atoms with Gasteiger partial charge in [0.15, 0.2) is 0 Å². The smallest absolute Gasteiger partial charge is 0.219 e. The summed E-state index contributed by atoms with van der Waals surface area (Å²) < 4.78 is 0. The average molecular weight is 380 g/mol. The van der Waals surface area contributed by atoms with E-state index in [1.54, 1.807) is 7.05 Å². The number of allylic oxidation sites excluding steroid dienone is 2. The van der Waals surface area contributed by atoms with Crippen LogP contribution in [0.15, 0.2) is 12.2 Å². The van der Waals surface area contributed by atoms with Gasteiger partial charge < -0.3 is 5.32 Å². The summed E-state index contributed by atoms with van der Waals surface area (Å²) >= 11 is 0. The molecule has 0 saturated heterocycles. The topological polar surface area (TPSA) is 29.1 Å². The maximum absolute atomic E-state index is 11.1. The van der Waals surface area contributed by atoms with Crippen LogP contribution >= 0.6 is 0 Å². The second kappa shape index (κ2) is 23.2. The van der Waals surface area contributed by atoms with Crippen LogP contribution < -0.4 is 5.32 Å². The van der Waals surface area contributed by atoms with Crippen molar-refractivity contribution >= 4 is 5.91 Å². The van der Waals surface area contributed by atoms with Crippen molar-refractivity contribution < 1.29 is 4.79 Å². The van der Waals surface area contributed by atoms with Crippen molar-refractivity contribution in [3.05, 3.63) is 12.2 Å². The molecule has 0 unspecified atom stereocenters. The van der Waals surface area contributed by atoms with Crippen LogP contribution in [0.1, 0.15) is 135 Å². The van der Waals surface area contributed by atoms with Gasteiger partial charge >= 0.3 is 0 Å². The van der Waals surface area contributed by atoms with E-state index in [2.05, 4.69) is 24.4 Å². The highest BCUT2D eigenvalue weighted by Crippen LogP contribution is 2.13. The lowest BCUT2D eigenvalue weighted by Gasteiger charge is -2.03. The van der Waals surface area contributed by atoms with E-state index >= 15 is 0 Å². The summed E-state index contributed by atoms with van der Waals surface area (Å²) in [5.41, 5.74) is 0. The van der Waals surface area contributed by atoms with Gasteiger partial charge in [-0.15, -0.1) is 0 Å². The van der Waals surface area contributed by atoms with Crippen LogP contribution in [-0.2, 0) is 4.79 Å². The van der Waals surface area contributed by atoms with Crippen LogP contribution in [-0.4, -0.2) is 13.0 Å². The lowest BCUT2D eigenvalue weighted by molar-refractivity contribution is -0.120. The van der Waals surface area contributed by atoms with Crippen molar-refractivity contribution in [3.63, 3.8) is 0 Å². The van der Waals surface area contributed by atoms with Crippen LogP contribution in [0.25, 0.3) is 0 Å². The van der Waals surface area contributed by atoms with E-state index in [0.717, 1.165) is 6.42 Å². The van der Waals surface area contributed by atoms with E-state index < -0.39 is 0 Å². The predicted molar refractivity (Wildman–Crippen MR) is 121 cm³/mol. The van der Waals surface area contributed by atoms with Crippen molar-refractivity contribution in [2.45, 2.75) is 135 Å². The molecular weight excluding hydrogens is 330 g/mol. The molecule has 160 valence electrons. The third-order valence-corrected chi connectivity index (χ3v) is 5.44. The van der Waals surface area contributed by atoms with Crippen molar-refractivity contribution in [2.24, 2.45) is 0 Å².